The van der Waals surface area contributed by atoms with Crippen molar-refractivity contribution in [2.75, 3.05) is 5.73 Å². The van der Waals surface area contributed by atoms with Gasteiger partial charge >= 0.3 is 0 Å². The minimum absolute atomic E-state index is 0.407. The van der Waals surface area contributed by atoms with Crippen molar-refractivity contribution >= 4 is 39.8 Å². The van der Waals surface area contributed by atoms with Crippen LogP contribution in [-0.4, -0.2) is 10.2 Å². The molecule has 0 fully saturated rings. The third-order valence-corrected chi connectivity index (χ3v) is 3.45. The van der Waals surface area contributed by atoms with Gasteiger partial charge in [-0.1, -0.05) is 47.5 Å². The van der Waals surface area contributed by atoms with E-state index in [1.54, 1.807) is 12.1 Å². The van der Waals surface area contributed by atoms with Gasteiger partial charge < -0.3 is 5.73 Å². The zero-order valence-corrected chi connectivity index (χ0v) is 11.3. The molecule has 0 saturated heterocycles. The Labute approximate surface area is 120 Å². The lowest BCUT2D eigenvalue weighted by Gasteiger charge is -2.08. The van der Waals surface area contributed by atoms with Crippen LogP contribution >= 0.6 is 23.2 Å². The molecule has 0 radical (unpaired) electrons. The monoisotopic (exact) mass is 289 g/mol. The van der Waals surface area contributed by atoms with Crippen LogP contribution in [0.2, 0.25) is 10.0 Å². The lowest BCUT2D eigenvalue weighted by Crippen LogP contribution is -1.97. The van der Waals surface area contributed by atoms with Crippen LogP contribution in [0.5, 0.6) is 0 Å². The zero-order chi connectivity index (χ0) is 13.4. The molecule has 0 aliphatic carbocycles. The topological polar surface area (TPSA) is 51.8 Å². The molecule has 3 aromatic rings. The highest BCUT2D eigenvalue weighted by Gasteiger charge is 2.12. The third-order valence-electron chi connectivity index (χ3n) is 2.90. The fourth-order valence-electron chi connectivity index (χ4n) is 2.01. The number of halogens is 2. The number of aromatic nitrogens is 2. The summed E-state index contributed by atoms with van der Waals surface area (Å²) in [6.07, 6.45) is 0. The van der Waals surface area contributed by atoms with Crippen LogP contribution in [0.3, 0.4) is 0 Å². The van der Waals surface area contributed by atoms with E-state index in [2.05, 4.69) is 10.2 Å². The fraction of sp³-hybridized carbons (Fsp3) is 0. The summed E-state index contributed by atoms with van der Waals surface area (Å²) in [6.45, 7) is 0. The van der Waals surface area contributed by atoms with Crippen molar-refractivity contribution in [2.45, 2.75) is 0 Å². The van der Waals surface area contributed by atoms with Crippen molar-refractivity contribution in [3.05, 3.63) is 52.5 Å². The Morgan fingerprint density at radius 1 is 0.895 bits per heavy atom. The van der Waals surface area contributed by atoms with Gasteiger partial charge in [-0.3, -0.25) is 0 Å². The molecule has 0 saturated carbocycles. The Bertz CT molecular complexity index is 772. The molecule has 0 aliphatic rings. The van der Waals surface area contributed by atoms with E-state index in [1.165, 1.54) is 0 Å². The molecule has 1 heterocycles. The molecular formula is C14H9Cl2N3. The van der Waals surface area contributed by atoms with Crippen LogP contribution in [0.25, 0.3) is 22.0 Å². The van der Waals surface area contributed by atoms with Crippen LogP contribution < -0.4 is 5.73 Å². The molecule has 3 rings (SSSR count). The summed E-state index contributed by atoms with van der Waals surface area (Å²) >= 11 is 12.1. The first-order valence-corrected chi connectivity index (χ1v) is 6.39. The Morgan fingerprint density at radius 3 is 2.37 bits per heavy atom. The first-order valence-electron chi connectivity index (χ1n) is 5.63. The van der Waals surface area contributed by atoms with Crippen molar-refractivity contribution in [1.82, 2.24) is 10.2 Å². The summed E-state index contributed by atoms with van der Waals surface area (Å²) in [5, 5.41) is 11.0. The van der Waals surface area contributed by atoms with Crippen LogP contribution in [0.1, 0.15) is 0 Å². The second-order valence-corrected chi connectivity index (χ2v) is 4.95. The van der Waals surface area contributed by atoms with Gasteiger partial charge in [0.1, 0.15) is 5.69 Å². The predicted octanol–water partition coefficient (Wildman–Crippen LogP) is 4.19. The molecule has 1 aromatic heterocycles. The van der Waals surface area contributed by atoms with Crippen molar-refractivity contribution in [2.24, 2.45) is 0 Å². The Hall–Kier alpha value is -1.84. The molecule has 0 spiro atoms. The maximum absolute atomic E-state index is 6.22. The number of nitrogens with two attached hydrogens (primary N) is 1. The van der Waals surface area contributed by atoms with Crippen LogP contribution in [0.4, 0.5) is 5.82 Å². The van der Waals surface area contributed by atoms with E-state index in [1.807, 2.05) is 30.3 Å². The van der Waals surface area contributed by atoms with E-state index in [0.717, 1.165) is 16.3 Å². The highest BCUT2D eigenvalue weighted by atomic mass is 35.5. The van der Waals surface area contributed by atoms with Gasteiger partial charge in [-0.15, -0.1) is 10.2 Å². The minimum Gasteiger partial charge on any atom is -0.382 e. The third kappa shape index (κ3) is 2.11. The average Bonchev–Trinajstić information content (AvgIpc) is 2.41. The zero-order valence-electron chi connectivity index (χ0n) is 9.77. The minimum atomic E-state index is 0.407. The molecule has 94 valence electrons. The first-order chi connectivity index (χ1) is 9.16. The van der Waals surface area contributed by atoms with E-state index in [9.17, 15) is 0 Å². The lowest BCUT2D eigenvalue weighted by atomic mass is 10.0. The number of anilines is 1. The highest BCUT2D eigenvalue weighted by Crippen LogP contribution is 2.34. The van der Waals surface area contributed by atoms with E-state index in [-0.39, 0.29) is 0 Å². The van der Waals surface area contributed by atoms with E-state index in [0.29, 0.717) is 21.6 Å². The van der Waals surface area contributed by atoms with Gasteiger partial charge in [0.2, 0.25) is 0 Å². The summed E-state index contributed by atoms with van der Waals surface area (Å²) in [5.74, 6) is 0.407. The number of hydrogen-bond acceptors (Lipinski definition) is 3. The van der Waals surface area contributed by atoms with E-state index in [4.69, 9.17) is 28.9 Å². The number of nitrogens with zero attached hydrogens (tertiary/aromatic N) is 2. The Morgan fingerprint density at radius 2 is 1.63 bits per heavy atom. The van der Waals surface area contributed by atoms with Crippen molar-refractivity contribution in [3.8, 4) is 11.3 Å². The molecule has 0 atom stereocenters. The molecule has 0 aliphatic heterocycles. The highest BCUT2D eigenvalue weighted by molar-refractivity contribution is 6.36. The van der Waals surface area contributed by atoms with Crippen LogP contribution in [0, 0.1) is 0 Å². The molecule has 2 aromatic carbocycles. The molecule has 0 unspecified atom stereocenters. The molecular weight excluding hydrogens is 281 g/mol. The predicted molar refractivity (Wildman–Crippen MR) is 79.4 cm³/mol. The van der Waals surface area contributed by atoms with Gasteiger partial charge in [-0.2, -0.15) is 0 Å². The average molecular weight is 290 g/mol. The number of benzene rings is 2. The Balaban J connectivity index is 2.34. The number of nitrogen functional groups attached to an aromatic ring is 1. The molecule has 0 amide bonds. The number of hydrogen-bond donors (Lipinski definition) is 1. The summed E-state index contributed by atoms with van der Waals surface area (Å²) < 4.78 is 0. The van der Waals surface area contributed by atoms with Gasteiger partial charge in [-0.25, -0.2) is 0 Å². The van der Waals surface area contributed by atoms with Crippen molar-refractivity contribution in [3.63, 3.8) is 0 Å². The normalized spacial score (nSPS) is 10.8. The van der Waals surface area contributed by atoms with Crippen molar-refractivity contribution in [1.29, 1.82) is 0 Å². The SMILES string of the molecule is Nc1nnc(-c2ccc(Cl)cc2Cl)c2ccccc12. The van der Waals surface area contributed by atoms with Gasteiger partial charge in [0.05, 0.1) is 5.02 Å². The van der Waals surface area contributed by atoms with Gasteiger partial charge in [0, 0.05) is 21.4 Å². The summed E-state index contributed by atoms with van der Waals surface area (Å²) in [4.78, 5) is 0. The summed E-state index contributed by atoms with van der Waals surface area (Å²) in [6, 6.07) is 13.0. The Kier molecular flexibility index (Phi) is 3.01. The molecule has 0 bridgehead atoms. The number of rotatable bonds is 1. The summed E-state index contributed by atoms with van der Waals surface area (Å²) in [5.41, 5.74) is 7.32. The first kappa shape index (κ1) is 12.2. The standard InChI is InChI=1S/C14H9Cl2N3/c15-8-5-6-11(12(16)7-8)13-9-3-1-2-4-10(9)14(17)19-18-13/h1-7H,(H2,17,19). The van der Waals surface area contributed by atoms with Gasteiger partial charge in [-0.05, 0) is 18.2 Å². The maximum Gasteiger partial charge on any atom is 0.154 e. The van der Waals surface area contributed by atoms with Gasteiger partial charge in [0.15, 0.2) is 5.82 Å². The maximum atomic E-state index is 6.22. The quantitative estimate of drug-likeness (QED) is 0.731. The molecule has 2 N–H and O–H groups in total. The second-order valence-electron chi connectivity index (χ2n) is 4.10. The summed E-state index contributed by atoms with van der Waals surface area (Å²) in [7, 11) is 0. The van der Waals surface area contributed by atoms with Gasteiger partial charge in [0.25, 0.3) is 0 Å². The van der Waals surface area contributed by atoms with Crippen molar-refractivity contribution < 1.29 is 0 Å². The smallest absolute Gasteiger partial charge is 0.154 e. The fourth-order valence-corrected chi connectivity index (χ4v) is 2.50. The number of fused-ring (bicyclic) bond motifs is 1. The van der Waals surface area contributed by atoms with E-state index < -0.39 is 0 Å². The second kappa shape index (κ2) is 4.68. The molecule has 5 heteroatoms. The van der Waals surface area contributed by atoms with E-state index >= 15 is 0 Å². The lowest BCUT2D eigenvalue weighted by molar-refractivity contribution is 1.07. The van der Waals surface area contributed by atoms with Crippen LogP contribution in [-0.2, 0) is 0 Å². The molecule has 19 heavy (non-hydrogen) atoms. The van der Waals surface area contributed by atoms with Crippen LogP contribution in [0.15, 0.2) is 42.5 Å². The molecule has 3 nitrogen and oxygen atoms in total. The largest absolute Gasteiger partial charge is 0.382 e.